The van der Waals surface area contributed by atoms with Crippen LogP contribution in [0.15, 0.2) is 12.1 Å². The molecule has 1 aromatic rings. The van der Waals surface area contributed by atoms with E-state index in [-0.39, 0.29) is 5.75 Å². The van der Waals surface area contributed by atoms with E-state index in [2.05, 4.69) is 4.74 Å². The maximum absolute atomic E-state index is 12.7. The van der Waals surface area contributed by atoms with Crippen molar-refractivity contribution in [3.05, 3.63) is 29.3 Å². The van der Waals surface area contributed by atoms with Crippen molar-refractivity contribution in [2.24, 2.45) is 0 Å². The summed E-state index contributed by atoms with van der Waals surface area (Å²) in [5.74, 6) is -2.86. The first kappa shape index (κ1) is 11.8. The Morgan fingerprint density at radius 3 is 2.20 bits per heavy atom. The summed E-state index contributed by atoms with van der Waals surface area (Å²) >= 11 is 0. The predicted octanol–water partition coefficient (Wildman–Crippen LogP) is 2.27. The summed E-state index contributed by atoms with van der Waals surface area (Å²) in [6, 6.07) is 1.10. The molecule has 0 fully saturated rings. The molecule has 1 N–H and O–H groups in total. The summed E-state index contributed by atoms with van der Waals surface area (Å²) in [4.78, 5) is 0. The van der Waals surface area contributed by atoms with Crippen molar-refractivity contribution in [1.29, 1.82) is 0 Å². The van der Waals surface area contributed by atoms with Gasteiger partial charge in [0, 0.05) is 11.6 Å². The van der Waals surface area contributed by atoms with Gasteiger partial charge in [0.1, 0.15) is 11.9 Å². The van der Waals surface area contributed by atoms with Crippen LogP contribution in [-0.4, -0.2) is 18.6 Å². The van der Waals surface area contributed by atoms with Crippen molar-refractivity contribution in [1.82, 2.24) is 0 Å². The number of aliphatic hydroxyl groups is 1. The third kappa shape index (κ3) is 2.38. The third-order valence-electron chi connectivity index (χ3n) is 1.83. The van der Waals surface area contributed by atoms with Crippen LogP contribution in [0.5, 0.6) is 5.75 Å². The molecule has 1 unspecified atom stereocenters. The molecule has 0 aromatic heterocycles. The molecule has 0 amide bonds. The lowest BCUT2D eigenvalue weighted by Gasteiger charge is -2.14. The van der Waals surface area contributed by atoms with Gasteiger partial charge in [0.25, 0.3) is 6.43 Å². The van der Waals surface area contributed by atoms with E-state index < -0.39 is 29.7 Å². The molecule has 0 radical (unpaired) electrons. The molecule has 0 saturated heterocycles. The van der Waals surface area contributed by atoms with Crippen molar-refractivity contribution >= 4 is 0 Å². The maximum Gasteiger partial charge on any atom is 0.268 e. The van der Waals surface area contributed by atoms with E-state index in [0.717, 1.165) is 7.11 Å². The number of rotatable bonds is 3. The smallest absolute Gasteiger partial charge is 0.268 e. The third-order valence-corrected chi connectivity index (χ3v) is 1.83. The van der Waals surface area contributed by atoms with Crippen LogP contribution in [0.4, 0.5) is 17.6 Å². The fourth-order valence-electron chi connectivity index (χ4n) is 1.09. The van der Waals surface area contributed by atoms with Crippen LogP contribution in [0.25, 0.3) is 0 Å². The molecule has 1 rings (SSSR count). The molecular formula is C9H8F4O2. The number of halogens is 4. The van der Waals surface area contributed by atoms with E-state index in [4.69, 9.17) is 5.11 Å². The summed E-state index contributed by atoms with van der Waals surface area (Å²) in [6.07, 6.45) is -5.29. The van der Waals surface area contributed by atoms with Gasteiger partial charge in [-0.3, -0.25) is 0 Å². The Kier molecular flexibility index (Phi) is 3.52. The molecule has 1 atom stereocenters. The predicted molar refractivity (Wildman–Crippen MR) is 43.9 cm³/mol. The van der Waals surface area contributed by atoms with Gasteiger partial charge < -0.3 is 9.84 Å². The van der Waals surface area contributed by atoms with Crippen molar-refractivity contribution < 1.29 is 27.4 Å². The molecule has 0 spiro atoms. The van der Waals surface area contributed by atoms with Gasteiger partial charge in [-0.1, -0.05) is 0 Å². The molecule has 6 heteroatoms. The van der Waals surface area contributed by atoms with Gasteiger partial charge >= 0.3 is 0 Å². The van der Waals surface area contributed by atoms with E-state index in [1.807, 2.05) is 0 Å². The summed E-state index contributed by atoms with van der Waals surface area (Å²) in [5, 5.41) is 9.01. The van der Waals surface area contributed by atoms with Crippen LogP contribution in [0.3, 0.4) is 0 Å². The number of aliphatic hydroxyl groups excluding tert-OH is 1. The van der Waals surface area contributed by atoms with Gasteiger partial charge in [0.05, 0.1) is 7.11 Å². The Bertz CT molecular complexity index is 354. The number of hydrogen-bond donors (Lipinski definition) is 1. The largest absolute Gasteiger partial charge is 0.496 e. The Hall–Kier alpha value is -1.30. The zero-order valence-electron chi connectivity index (χ0n) is 7.68. The first-order valence-corrected chi connectivity index (χ1v) is 3.96. The van der Waals surface area contributed by atoms with Crippen LogP contribution in [0.1, 0.15) is 11.7 Å². The van der Waals surface area contributed by atoms with Crippen molar-refractivity contribution in [3.63, 3.8) is 0 Å². The highest BCUT2D eigenvalue weighted by atomic mass is 19.3. The molecule has 0 aliphatic heterocycles. The minimum atomic E-state index is -3.09. The number of hydrogen-bond acceptors (Lipinski definition) is 2. The number of methoxy groups -OCH3 is 1. The standard InChI is InChI=1S/C9H8F4O2/c1-15-7-3-6(11)5(10)2-4(7)8(14)9(12)13/h2-3,8-9,14H,1H3. The lowest BCUT2D eigenvalue weighted by molar-refractivity contribution is -0.00721. The van der Waals surface area contributed by atoms with Gasteiger partial charge in [-0.25, -0.2) is 17.6 Å². The second kappa shape index (κ2) is 4.48. The number of ether oxygens (including phenoxy) is 1. The quantitative estimate of drug-likeness (QED) is 0.798. The molecule has 0 heterocycles. The minimum absolute atomic E-state index is 0.318. The van der Waals surface area contributed by atoms with Crippen LogP contribution in [0.2, 0.25) is 0 Å². The molecule has 1 aromatic carbocycles. The molecule has 2 nitrogen and oxygen atoms in total. The fourth-order valence-corrected chi connectivity index (χ4v) is 1.09. The first-order chi connectivity index (χ1) is 6.97. The summed E-state index contributed by atoms with van der Waals surface area (Å²) in [7, 11) is 1.11. The van der Waals surface area contributed by atoms with Gasteiger partial charge in [-0.2, -0.15) is 0 Å². The van der Waals surface area contributed by atoms with E-state index >= 15 is 0 Å². The maximum atomic E-state index is 12.7. The zero-order valence-corrected chi connectivity index (χ0v) is 7.68. The van der Waals surface area contributed by atoms with Crippen LogP contribution in [0, 0.1) is 11.6 Å². The molecule has 0 aliphatic rings. The highest BCUT2D eigenvalue weighted by molar-refractivity contribution is 5.36. The molecule has 84 valence electrons. The van der Waals surface area contributed by atoms with Crippen molar-refractivity contribution in [3.8, 4) is 5.75 Å². The second-order valence-corrected chi connectivity index (χ2v) is 2.79. The topological polar surface area (TPSA) is 29.5 Å². The molecule has 0 bridgehead atoms. The summed E-state index contributed by atoms with van der Waals surface area (Å²) in [6.45, 7) is 0. The van der Waals surface area contributed by atoms with Crippen molar-refractivity contribution in [2.75, 3.05) is 7.11 Å². The van der Waals surface area contributed by atoms with Gasteiger partial charge in [0.2, 0.25) is 0 Å². The molecule has 0 saturated carbocycles. The average molecular weight is 224 g/mol. The van der Waals surface area contributed by atoms with E-state index in [1.165, 1.54) is 0 Å². The Balaban J connectivity index is 3.21. The average Bonchev–Trinajstić information content (AvgIpc) is 2.20. The number of benzene rings is 1. The summed E-state index contributed by atoms with van der Waals surface area (Å²) < 4.78 is 54.3. The highest BCUT2D eigenvalue weighted by Gasteiger charge is 2.24. The van der Waals surface area contributed by atoms with Crippen LogP contribution in [-0.2, 0) is 0 Å². The van der Waals surface area contributed by atoms with Crippen LogP contribution >= 0.6 is 0 Å². The second-order valence-electron chi connectivity index (χ2n) is 2.79. The first-order valence-electron chi connectivity index (χ1n) is 3.96. The number of alkyl halides is 2. The Morgan fingerprint density at radius 2 is 1.73 bits per heavy atom. The van der Waals surface area contributed by atoms with Crippen LogP contribution < -0.4 is 4.74 Å². The van der Waals surface area contributed by atoms with Crippen molar-refractivity contribution in [2.45, 2.75) is 12.5 Å². The normalized spacial score (nSPS) is 13.0. The fraction of sp³-hybridized carbons (Fsp3) is 0.333. The SMILES string of the molecule is COc1cc(F)c(F)cc1C(O)C(F)F. The summed E-state index contributed by atoms with van der Waals surface area (Å²) in [5.41, 5.74) is -0.480. The molecular weight excluding hydrogens is 216 g/mol. The lowest BCUT2D eigenvalue weighted by atomic mass is 10.1. The van der Waals surface area contributed by atoms with Gasteiger partial charge in [-0.05, 0) is 6.07 Å². The zero-order chi connectivity index (χ0) is 11.6. The van der Waals surface area contributed by atoms with E-state index in [9.17, 15) is 17.6 Å². The van der Waals surface area contributed by atoms with E-state index in [1.54, 1.807) is 0 Å². The van der Waals surface area contributed by atoms with Gasteiger partial charge in [-0.15, -0.1) is 0 Å². The minimum Gasteiger partial charge on any atom is -0.496 e. The Labute approximate surface area is 83.1 Å². The highest BCUT2D eigenvalue weighted by Crippen LogP contribution is 2.30. The van der Waals surface area contributed by atoms with Gasteiger partial charge in [0.15, 0.2) is 11.6 Å². The van der Waals surface area contributed by atoms with E-state index in [0.29, 0.717) is 12.1 Å². The lowest BCUT2D eigenvalue weighted by Crippen LogP contribution is -2.10. The monoisotopic (exact) mass is 224 g/mol. The molecule has 15 heavy (non-hydrogen) atoms. The Morgan fingerprint density at radius 1 is 1.20 bits per heavy atom. The molecule has 0 aliphatic carbocycles.